The number of halogens is 1. The van der Waals surface area contributed by atoms with E-state index in [0.717, 1.165) is 19.2 Å². The average molecular weight is 336 g/mol. The molecule has 128 valence electrons. The SMILES string of the molecule is CN1CCN(c2cc3c(cc2F)[n+]([O-])c(C(N)=O)c(N)[n+]3[O-])CC1. The van der Waals surface area contributed by atoms with Crippen LogP contribution in [0.1, 0.15) is 10.5 Å². The summed E-state index contributed by atoms with van der Waals surface area (Å²) in [5.74, 6) is -2.42. The van der Waals surface area contributed by atoms with Crippen LogP contribution in [0, 0.1) is 16.2 Å². The van der Waals surface area contributed by atoms with Gasteiger partial charge in [0.05, 0.1) is 11.8 Å². The third-order valence-electron chi connectivity index (χ3n) is 4.22. The molecule has 0 spiro atoms. The molecule has 1 aromatic heterocycles. The van der Waals surface area contributed by atoms with Crippen molar-refractivity contribution in [2.75, 3.05) is 43.9 Å². The Hall–Kier alpha value is -2.88. The van der Waals surface area contributed by atoms with Gasteiger partial charge < -0.3 is 25.9 Å². The topological polar surface area (TPSA) is 129 Å². The molecule has 1 aliphatic rings. The molecule has 0 unspecified atom stereocenters. The van der Waals surface area contributed by atoms with E-state index < -0.39 is 23.2 Å². The molecule has 4 N–H and O–H groups in total. The van der Waals surface area contributed by atoms with E-state index in [1.807, 2.05) is 7.05 Å². The van der Waals surface area contributed by atoms with Crippen LogP contribution < -0.4 is 25.8 Å². The first-order chi connectivity index (χ1) is 11.3. The molecule has 2 aromatic rings. The molecular weight excluding hydrogens is 319 g/mol. The minimum absolute atomic E-state index is 0.0955. The number of hydrogen-bond donors (Lipinski definition) is 2. The molecule has 1 aromatic carbocycles. The first kappa shape index (κ1) is 16.0. The van der Waals surface area contributed by atoms with Crippen molar-refractivity contribution in [2.24, 2.45) is 5.73 Å². The van der Waals surface area contributed by atoms with Crippen molar-refractivity contribution in [1.29, 1.82) is 0 Å². The second kappa shape index (κ2) is 5.64. The van der Waals surface area contributed by atoms with Crippen LogP contribution in [0.3, 0.4) is 0 Å². The lowest BCUT2D eigenvalue weighted by Gasteiger charge is -2.34. The molecule has 3 rings (SSSR count). The number of piperazine rings is 1. The van der Waals surface area contributed by atoms with Gasteiger partial charge in [0.2, 0.25) is 5.52 Å². The molecule has 1 amide bonds. The van der Waals surface area contributed by atoms with Crippen molar-refractivity contribution in [3.63, 3.8) is 0 Å². The molecule has 1 fully saturated rings. The van der Waals surface area contributed by atoms with Gasteiger partial charge >= 0.3 is 17.4 Å². The lowest BCUT2D eigenvalue weighted by Crippen LogP contribution is -2.48. The average Bonchev–Trinajstić information content (AvgIpc) is 2.53. The number of anilines is 2. The monoisotopic (exact) mass is 336 g/mol. The number of carbonyl (C=O) groups is 1. The standard InChI is InChI=1S/C14H17FN6O3/c1-18-2-4-19(5-3-18)9-7-11-10(6-8(9)15)20(23)12(14(17)22)13(16)21(11)24/h6-7H,2-5,16H2,1H3,(H2,17,22). The number of nitrogens with zero attached hydrogens (tertiary/aromatic N) is 4. The first-order valence-electron chi connectivity index (χ1n) is 7.32. The fourth-order valence-electron chi connectivity index (χ4n) is 2.83. The maximum Gasteiger partial charge on any atom is 0.372 e. The van der Waals surface area contributed by atoms with Crippen molar-refractivity contribution in [1.82, 2.24) is 4.90 Å². The van der Waals surface area contributed by atoms with E-state index in [9.17, 15) is 19.6 Å². The van der Waals surface area contributed by atoms with E-state index in [-0.39, 0.29) is 26.2 Å². The number of aromatic nitrogens is 2. The molecule has 0 atom stereocenters. The van der Waals surface area contributed by atoms with Crippen LogP contribution in [-0.2, 0) is 0 Å². The molecule has 9 nitrogen and oxygen atoms in total. The van der Waals surface area contributed by atoms with E-state index in [0.29, 0.717) is 13.1 Å². The van der Waals surface area contributed by atoms with Crippen molar-refractivity contribution in [3.05, 3.63) is 34.1 Å². The zero-order chi connectivity index (χ0) is 17.6. The Morgan fingerprint density at radius 3 is 2.33 bits per heavy atom. The molecule has 0 saturated carbocycles. The van der Waals surface area contributed by atoms with Gasteiger partial charge in [0, 0.05) is 32.2 Å². The van der Waals surface area contributed by atoms with Gasteiger partial charge in [-0.05, 0) is 7.05 Å². The largest absolute Gasteiger partial charge is 0.710 e. The van der Waals surface area contributed by atoms with Gasteiger partial charge in [-0.15, -0.1) is 4.73 Å². The van der Waals surface area contributed by atoms with Crippen LogP contribution in [0.4, 0.5) is 15.9 Å². The van der Waals surface area contributed by atoms with E-state index in [1.54, 1.807) is 4.90 Å². The minimum atomic E-state index is -1.16. The molecule has 2 heterocycles. The number of rotatable bonds is 2. The number of amides is 1. The predicted molar refractivity (Wildman–Crippen MR) is 84.5 cm³/mol. The summed E-state index contributed by atoms with van der Waals surface area (Å²) < 4.78 is 14.8. The van der Waals surface area contributed by atoms with Crippen molar-refractivity contribution in [3.8, 4) is 0 Å². The van der Waals surface area contributed by atoms with Crippen LogP contribution in [0.15, 0.2) is 12.1 Å². The van der Waals surface area contributed by atoms with Gasteiger partial charge in [-0.25, -0.2) is 9.12 Å². The van der Waals surface area contributed by atoms with Crippen LogP contribution >= 0.6 is 0 Å². The van der Waals surface area contributed by atoms with Gasteiger partial charge in [-0.3, -0.25) is 10.5 Å². The van der Waals surface area contributed by atoms with Crippen molar-refractivity contribution >= 4 is 28.4 Å². The van der Waals surface area contributed by atoms with Gasteiger partial charge in [0.25, 0.3) is 5.52 Å². The van der Waals surface area contributed by atoms with E-state index in [2.05, 4.69) is 4.90 Å². The maximum atomic E-state index is 14.5. The zero-order valence-electron chi connectivity index (χ0n) is 13.0. The summed E-state index contributed by atoms with van der Waals surface area (Å²) >= 11 is 0. The predicted octanol–water partition coefficient (Wildman–Crippen LogP) is -1.32. The van der Waals surface area contributed by atoms with Gasteiger partial charge in [-0.2, -0.15) is 0 Å². The van der Waals surface area contributed by atoms with Gasteiger partial charge in [0.15, 0.2) is 5.82 Å². The molecule has 1 aliphatic heterocycles. The van der Waals surface area contributed by atoms with Crippen LogP contribution in [0.2, 0.25) is 0 Å². The Morgan fingerprint density at radius 1 is 1.17 bits per heavy atom. The smallest absolute Gasteiger partial charge is 0.372 e. The van der Waals surface area contributed by atoms with Crippen LogP contribution in [0.25, 0.3) is 11.0 Å². The summed E-state index contributed by atoms with van der Waals surface area (Å²) in [6, 6.07) is 2.20. The normalized spacial score (nSPS) is 15.8. The van der Waals surface area contributed by atoms with Crippen molar-refractivity contribution < 1.29 is 18.6 Å². The van der Waals surface area contributed by atoms with E-state index in [4.69, 9.17) is 11.5 Å². The maximum absolute atomic E-state index is 14.5. The molecule has 0 bridgehead atoms. The number of carbonyl (C=O) groups excluding carboxylic acids is 1. The molecule has 0 aliphatic carbocycles. The third kappa shape index (κ3) is 2.40. The Labute approximate surface area is 136 Å². The Kier molecular flexibility index (Phi) is 3.76. The summed E-state index contributed by atoms with van der Waals surface area (Å²) in [4.78, 5) is 15.2. The number of fused-ring (bicyclic) bond motifs is 1. The fourth-order valence-corrected chi connectivity index (χ4v) is 2.83. The summed E-state index contributed by atoms with van der Waals surface area (Å²) in [6.07, 6.45) is 0. The summed E-state index contributed by atoms with van der Waals surface area (Å²) in [5.41, 5.74) is 9.71. The van der Waals surface area contributed by atoms with Gasteiger partial charge in [0.1, 0.15) is 0 Å². The van der Waals surface area contributed by atoms with Gasteiger partial charge in [-0.1, -0.05) is 0 Å². The molecule has 10 heteroatoms. The highest BCUT2D eigenvalue weighted by atomic mass is 19.1. The summed E-state index contributed by atoms with van der Waals surface area (Å²) in [7, 11) is 1.96. The minimum Gasteiger partial charge on any atom is -0.710 e. The number of hydrogen-bond acceptors (Lipinski definition) is 6. The first-order valence-corrected chi connectivity index (χ1v) is 7.32. The second-order valence-corrected chi connectivity index (χ2v) is 5.77. The number of nitrogens with two attached hydrogens (primary N) is 2. The third-order valence-corrected chi connectivity index (χ3v) is 4.22. The highest BCUT2D eigenvalue weighted by Gasteiger charge is 2.30. The number of likely N-dealkylation sites (N-methyl/N-ethyl adjacent to an activating group) is 1. The summed E-state index contributed by atoms with van der Waals surface area (Å²) in [5, 5.41) is 24.5. The van der Waals surface area contributed by atoms with Crippen molar-refractivity contribution in [2.45, 2.75) is 0 Å². The van der Waals surface area contributed by atoms with E-state index in [1.165, 1.54) is 6.07 Å². The van der Waals surface area contributed by atoms with E-state index >= 15 is 0 Å². The van der Waals surface area contributed by atoms with Crippen LogP contribution in [0.5, 0.6) is 0 Å². The molecular formula is C14H17FN6O3. The highest BCUT2D eigenvalue weighted by molar-refractivity contribution is 5.94. The lowest BCUT2D eigenvalue weighted by atomic mass is 10.2. The second-order valence-electron chi connectivity index (χ2n) is 5.77. The Morgan fingerprint density at radius 2 is 1.75 bits per heavy atom. The number of primary amides is 1. The fraction of sp³-hybridized carbons (Fsp3) is 0.357. The lowest BCUT2D eigenvalue weighted by molar-refractivity contribution is -0.620. The number of benzene rings is 1. The van der Waals surface area contributed by atoms with Crippen LogP contribution in [-0.4, -0.2) is 44.0 Å². The summed E-state index contributed by atoms with van der Waals surface area (Å²) in [6.45, 7) is 2.67. The Bertz CT molecular complexity index is 835. The quantitative estimate of drug-likeness (QED) is 0.517. The molecule has 1 saturated heterocycles. The highest BCUT2D eigenvalue weighted by Crippen LogP contribution is 2.25. The zero-order valence-corrected chi connectivity index (χ0v) is 13.0. The Balaban J connectivity index is 2.19. The molecule has 0 radical (unpaired) electrons. The number of nitrogen functional groups attached to an aromatic ring is 1. The molecule has 24 heavy (non-hydrogen) atoms.